The van der Waals surface area contributed by atoms with Crippen LogP contribution in [0.1, 0.15) is 30.9 Å². The van der Waals surface area contributed by atoms with Gasteiger partial charge >= 0.3 is 0 Å². The zero-order valence-electron chi connectivity index (χ0n) is 10.7. The second-order valence-corrected chi connectivity index (χ2v) is 5.12. The lowest BCUT2D eigenvalue weighted by Crippen LogP contribution is -1.93. The lowest BCUT2D eigenvalue weighted by molar-refractivity contribution is 0.282. The molecule has 94 valence electrons. The number of aliphatic hydroxyl groups is 1. The standard InChI is InChI=1S/C16H17ClO/c1-11(2)13-5-3-4-6-14(13)15-8-7-12(10-18)9-16(15)17/h3-9,11,18H,10H2,1-2H3. The van der Waals surface area contributed by atoms with E-state index >= 15 is 0 Å². The maximum absolute atomic E-state index is 9.11. The molecular weight excluding hydrogens is 244 g/mol. The third-order valence-corrected chi connectivity index (χ3v) is 3.40. The van der Waals surface area contributed by atoms with E-state index in [1.807, 2.05) is 24.3 Å². The summed E-state index contributed by atoms with van der Waals surface area (Å²) in [5, 5.41) is 9.80. The molecule has 0 atom stereocenters. The van der Waals surface area contributed by atoms with Crippen molar-refractivity contribution < 1.29 is 5.11 Å². The SMILES string of the molecule is CC(C)c1ccccc1-c1ccc(CO)cc1Cl. The average molecular weight is 261 g/mol. The van der Waals surface area contributed by atoms with Gasteiger partial charge in [0.1, 0.15) is 0 Å². The van der Waals surface area contributed by atoms with Crippen LogP contribution in [0.2, 0.25) is 5.02 Å². The zero-order valence-corrected chi connectivity index (χ0v) is 11.4. The highest BCUT2D eigenvalue weighted by molar-refractivity contribution is 6.33. The van der Waals surface area contributed by atoms with E-state index in [-0.39, 0.29) is 6.61 Å². The summed E-state index contributed by atoms with van der Waals surface area (Å²) < 4.78 is 0. The van der Waals surface area contributed by atoms with Crippen molar-refractivity contribution in [1.29, 1.82) is 0 Å². The van der Waals surface area contributed by atoms with Gasteiger partial charge in [-0.1, -0.05) is 61.8 Å². The molecule has 0 radical (unpaired) electrons. The van der Waals surface area contributed by atoms with Gasteiger partial charge in [-0.3, -0.25) is 0 Å². The van der Waals surface area contributed by atoms with Crippen LogP contribution in [0.4, 0.5) is 0 Å². The number of halogens is 1. The van der Waals surface area contributed by atoms with E-state index in [2.05, 4.69) is 32.0 Å². The minimum Gasteiger partial charge on any atom is -0.392 e. The fraction of sp³-hybridized carbons (Fsp3) is 0.250. The number of hydrogen-bond donors (Lipinski definition) is 1. The van der Waals surface area contributed by atoms with E-state index < -0.39 is 0 Å². The summed E-state index contributed by atoms with van der Waals surface area (Å²) in [5.41, 5.74) is 4.32. The molecule has 18 heavy (non-hydrogen) atoms. The zero-order chi connectivity index (χ0) is 13.1. The molecule has 0 fully saturated rings. The van der Waals surface area contributed by atoms with E-state index in [0.29, 0.717) is 10.9 Å². The van der Waals surface area contributed by atoms with Crippen LogP contribution < -0.4 is 0 Å². The first kappa shape index (κ1) is 13.1. The molecule has 0 heterocycles. The lowest BCUT2D eigenvalue weighted by Gasteiger charge is -2.14. The summed E-state index contributed by atoms with van der Waals surface area (Å²) in [6.45, 7) is 4.37. The van der Waals surface area contributed by atoms with E-state index in [9.17, 15) is 0 Å². The average Bonchev–Trinajstić information content (AvgIpc) is 2.38. The van der Waals surface area contributed by atoms with Gasteiger partial charge in [-0.05, 0) is 28.7 Å². The first-order valence-electron chi connectivity index (χ1n) is 6.12. The van der Waals surface area contributed by atoms with Gasteiger partial charge in [-0.25, -0.2) is 0 Å². The Bertz CT molecular complexity index is 547. The Balaban J connectivity index is 2.55. The molecule has 0 aliphatic rings. The van der Waals surface area contributed by atoms with Crippen molar-refractivity contribution in [3.8, 4) is 11.1 Å². The van der Waals surface area contributed by atoms with Crippen LogP contribution in [0.3, 0.4) is 0 Å². The number of benzene rings is 2. The molecule has 0 amide bonds. The van der Waals surface area contributed by atoms with Crippen molar-refractivity contribution in [2.45, 2.75) is 26.4 Å². The number of aliphatic hydroxyl groups excluding tert-OH is 1. The van der Waals surface area contributed by atoms with Gasteiger partial charge in [0, 0.05) is 10.6 Å². The molecule has 0 saturated heterocycles. The quantitative estimate of drug-likeness (QED) is 0.854. The van der Waals surface area contributed by atoms with Crippen molar-refractivity contribution in [2.75, 3.05) is 0 Å². The molecule has 2 heteroatoms. The van der Waals surface area contributed by atoms with E-state index in [4.69, 9.17) is 16.7 Å². The van der Waals surface area contributed by atoms with Crippen LogP contribution in [0.5, 0.6) is 0 Å². The molecule has 2 aromatic carbocycles. The fourth-order valence-corrected chi connectivity index (χ4v) is 2.43. The molecule has 0 aliphatic carbocycles. The van der Waals surface area contributed by atoms with Gasteiger partial charge < -0.3 is 5.11 Å². The van der Waals surface area contributed by atoms with Crippen LogP contribution in [0, 0.1) is 0 Å². The smallest absolute Gasteiger partial charge is 0.0682 e. The van der Waals surface area contributed by atoms with Gasteiger partial charge in [0.2, 0.25) is 0 Å². The Labute approximate surface area is 113 Å². The van der Waals surface area contributed by atoms with Crippen molar-refractivity contribution in [2.24, 2.45) is 0 Å². The summed E-state index contributed by atoms with van der Waals surface area (Å²) in [7, 11) is 0. The summed E-state index contributed by atoms with van der Waals surface area (Å²) in [6, 6.07) is 14.0. The minimum absolute atomic E-state index is 0.0197. The summed E-state index contributed by atoms with van der Waals surface area (Å²) in [5.74, 6) is 0.454. The summed E-state index contributed by atoms with van der Waals surface area (Å²) in [6.07, 6.45) is 0. The minimum atomic E-state index is 0.0197. The Morgan fingerprint density at radius 3 is 2.39 bits per heavy atom. The fourth-order valence-electron chi connectivity index (χ4n) is 2.12. The maximum atomic E-state index is 9.11. The highest BCUT2D eigenvalue weighted by Crippen LogP contribution is 2.34. The third kappa shape index (κ3) is 2.58. The topological polar surface area (TPSA) is 20.2 Å². The molecule has 1 N–H and O–H groups in total. The summed E-state index contributed by atoms with van der Waals surface area (Å²) in [4.78, 5) is 0. The van der Waals surface area contributed by atoms with Crippen molar-refractivity contribution in [3.63, 3.8) is 0 Å². The first-order chi connectivity index (χ1) is 8.63. The van der Waals surface area contributed by atoms with Gasteiger partial charge in [0.25, 0.3) is 0 Å². The lowest BCUT2D eigenvalue weighted by atomic mass is 9.92. The number of rotatable bonds is 3. The van der Waals surface area contributed by atoms with Crippen LogP contribution in [-0.2, 0) is 6.61 Å². The van der Waals surface area contributed by atoms with Gasteiger partial charge in [0.15, 0.2) is 0 Å². The largest absolute Gasteiger partial charge is 0.392 e. The maximum Gasteiger partial charge on any atom is 0.0682 e. The van der Waals surface area contributed by atoms with Gasteiger partial charge in [-0.15, -0.1) is 0 Å². The predicted octanol–water partition coefficient (Wildman–Crippen LogP) is 4.62. The predicted molar refractivity (Wildman–Crippen MR) is 76.9 cm³/mol. The Morgan fingerprint density at radius 1 is 1.06 bits per heavy atom. The van der Waals surface area contributed by atoms with Crippen LogP contribution >= 0.6 is 11.6 Å². The van der Waals surface area contributed by atoms with Crippen molar-refractivity contribution in [3.05, 3.63) is 58.6 Å². The third-order valence-electron chi connectivity index (χ3n) is 3.09. The molecule has 1 nitrogen and oxygen atoms in total. The van der Waals surface area contributed by atoms with Gasteiger partial charge in [-0.2, -0.15) is 0 Å². The first-order valence-corrected chi connectivity index (χ1v) is 6.50. The Kier molecular flexibility index (Phi) is 4.05. The Hall–Kier alpha value is -1.31. The normalized spacial score (nSPS) is 10.9. The molecule has 2 rings (SSSR count). The van der Waals surface area contributed by atoms with E-state index in [1.54, 1.807) is 0 Å². The molecule has 0 spiro atoms. The second-order valence-electron chi connectivity index (χ2n) is 4.71. The van der Waals surface area contributed by atoms with Crippen LogP contribution in [0.15, 0.2) is 42.5 Å². The number of hydrogen-bond acceptors (Lipinski definition) is 1. The molecule has 0 aliphatic heterocycles. The molecule has 0 unspecified atom stereocenters. The van der Waals surface area contributed by atoms with Crippen molar-refractivity contribution >= 4 is 11.6 Å². The summed E-state index contributed by atoms with van der Waals surface area (Å²) >= 11 is 6.31. The highest BCUT2D eigenvalue weighted by Gasteiger charge is 2.10. The molecule has 2 aromatic rings. The second kappa shape index (κ2) is 5.55. The molecule has 0 saturated carbocycles. The van der Waals surface area contributed by atoms with Gasteiger partial charge in [0.05, 0.1) is 6.61 Å². The van der Waals surface area contributed by atoms with E-state index in [1.165, 1.54) is 11.1 Å². The van der Waals surface area contributed by atoms with Crippen molar-refractivity contribution in [1.82, 2.24) is 0 Å². The monoisotopic (exact) mass is 260 g/mol. The Morgan fingerprint density at radius 2 is 1.78 bits per heavy atom. The molecular formula is C16H17ClO. The molecule has 0 aromatic heterocycles. The van der Waals surface area contributed by atoms with Crippen LogP contribution in [0.25, 0.3) is 11.1 Å². The van der Waals surface area contributed by atoms with Crippen LogP contribution in [-0.4, -0.2) is 5.11 Å². The van der Waals surface area contributed by atoms with E-state index in [0.717, 1.165) is 11.1 Å². The molecule has 0 bridgehead atoms. The highest BCUT2D eigenvalue weighted by atomic mass is 35.5.